The molecule has 2 aromatic rings. The fraction of sp³-hybridized carbons (Fsp3) is 0.312. The molecule has 0 spiro atoms. The summed E-state index contributed by atoms with van der Waals surface area (Å²) in [6.45, 7) is 0.854. The van der Waals surface area contributed by atoms with Crippen LogP contribution in [0.2, 0.25) is 0 Å². The summed E-state index contributed by atoms with van der Waals surface area (Å²) in [6.07, 6.45) is 2.76. The van der Waals surface area contributed by atoms with Crippen LogP contribution in [-0.4, -0.2) is 24.5 Å². The molecule has 2 N–H and O–H groups in total. The second kappa shape index (κ2) is 9.38. The molecule has 0 aliphatic rings. The molecule has 1 heterocycles. The van der Waals surface area contributed by atoms with Crippen LogP contribution in [0.4, 0.5) is 5.69 Å². The van der Waals surface area contributed by atoms with Gasteiger partial charge >= 0.3 is 0 Å². The quantitative estimate of drug-likeness (QED) is 0.563. The van der Waals surface area contributed by atoms with Crippen molar-refractivity contribution in [3.05, 3.63) is 48.4 Å². The Morgan fingerprint density at radius 2 is 2.09 bits per heavy atom. The number of rotatable bonds is 8. The summed E-state index contributed by atoms with van der Waals surface area (Å²) < 4.78 is 10.4. The molecule has 0 saturated heterocycles. The van der Waals surface area contributed by atoms with Crippen molar-refractivity contribution in [1.29, 1.82) is 0 Å². The van der Waals surface area contributed by atoms with E-state index in [0.717, 1.165) is 41.7 Å². The van der Waals surface area contributed by atoms with Crippen LogP contribution in [0.25, 0.3) is 0 Å². The number of methoxy groups -OCH3 is 1. The van der Waals surface area contributed by atoms with Crippen molar-refractivity contribution in [2.75, 3.05) is 24.7 Å². The molecule has 2 rings (SSSR count). The summed E-state index contributed by atoms with van der Waals surface area (Å²) in [4.78, 5) is 0. The van der Waals surface area contributed by atoms with Crippen LogP contribution in [0.1, 0.15) is 12.2 Å². The van der Waals surface area contributed by atoms with Crippen LogP contribution in [0.5, 0.6) is 5.75 Å². The topological polar surface area (TPSA) is 46.4 Å². The lowest BCUT2D eigenvalue weighted by molar-refractivity contribution is 0.415. The third-order valence-corrected chi connectivity index (χ3v) is 4.24. The molecule has 0 bridgehead atoms. The van der Waals surface area contributed by atoms with Gasteiger partial charge in [0.15, 0.2) is 5.11 Å². The van der Waals surface area contributed by atoms with Crippen molar-refractivity contribution >= 4 is 34.8 Å². The number of thioether (sulfide) groups is 1. The minimum Gasteiger partial charge on any atom is -0.497 e. The molecule has 1 aromatic heterocycles. The number of hydrogen-bond acceptors (Lipinski definition) is 4. The summed E-state index contributed by atoms with van der Waals surface area (Å²) >= 11 is 7.12. The number of hydrogen-bond donors (Lipinski definition) is 2. The van der Waals surface area contributed by atoms with Gasteiger partial charge in [0.1, 0.15) is 11.5 Å². The highest BCUT2D eigenvalue weighted by Gasteiger charge is 1.99. The Balaban J connectivity index is 1.55. The van der Waals surface area contributed by atoms with Crippen LogP contribution in [0, 0.1) is 0 Å². The highest BCUT2D eigenvalue weighted by atomic mass is 32.2. The van der Waals surface area contributed by atoms with Gasteiger partial charge in [-0.2, -0.15) is 11.8 Å². The van der Waals surface area contributed by atoms with E-state index < -0.39 is 0 Å². The van der Waals surface area contributed by atoms with Crippen LogP contribution in [-0.2, 0) is 5.75 Å². The Hall–Kier alpha value is -1.66. The van der Waals surface area contributed by atoms with E-state index in [1.807, 2.05) is 48.2 Å². The molecule has 0 radical (unpaired) electrons. The molecule has 1 aromatic carbocycles. The Morgan fingerprint density at radius 1 is 1.27 bits per heavy atom. The minimum absolute atomic E-state index is 0.640. The van der Waals surface area contributed by atoms with E-state index in [0.29, 0.717) is 5.11 Å². The standard InChI is InChI=1S/C16H20N2O2S2/c1-19-14-7-5-13(6-8-14)18-16(21)17-9-3-11-22-12-15-4-2-10-20-15/h2,4-8,10H,3,9,11-12H2,1H3,(H2,17,18,21). The number of ether oxygens (including phenoxy) is 1. The molecule has 0 saturated carbocycles. The molecule has 0 aliphatic heterocycles. The van der Waals surface area contributed by atoms with E-state index in [4.69, 9.17) is 21.4 Å². The van der Waals surface area contributed by atoms with E-state index in [9.17, 15) is 0 Å². The highest BCUT2D eigenvalue weighted by molar-refractivity contribution is 7.98. The average Bonchev–Trinajstić information content (AvgIpc) is 3.05. The summed E-state index contributed by atoms with van der Waals surface area (Å²) in [6, 6.07) is 11.6. The van der Waals surface area contributed by atoms with E-state index in [-0.39, 0.29) is 0 Å². The van der Waals surface area contributed by atoms with Gasteiger partial charge in [0.25, 0.3) is 0 Å². The lowest BCUT2D eigenvalue weighted by Gasteiger charge is -2.10. The lowest BCUT2D eigenvalue weighted by Crippen LogP contribution is -2.29. The lowest BCUT2D eigenvalue weighted by atomic mass is 10.3. The Bertz CT molecular complexity index is 556. The van der Waals surface area contributed by atoms with Gasteiger partial charge in [-0.3, -0.25) is 0 Å². The number of furan rings is 1. The van der Waals surface area contributed by atoms with E-state index in [1.54, 1.807) is 13.4 Å². The zero-order valence-electron chi connectivity index (χ0n) is 12.5. The molecule has 4 nitrogen and oxygen atoms in total. The zero-order valence-corrected chi connectivity index (χ0v) is 14.1. The maximum atomic E-state index is 5.28. The molecule has 0 atom stereocenters. The number of benzene rings is 1. The van der Waals surface area contributed by atoms with Crippen molar-refractivity contribution < 1.29 is 9.15 Å². The molecule has 6 heteroatoms. The number of nitrogens with one attached hydrogen (secondary N) is 2. The fourth-order valence-corrected chi connectivity index (χ4v) is 2.87. The predicted molar refractivity (Wildman–Crippen MR) is 96.7 cm³/mol. The molecule has 0 fully saturated rings. The average molecular weight is 336 g/mol. The normalized spacial score (nSPS) is 10.2. The van der Waals surface area contributed by atoms with Gasteiger partial charge in [0, 0.05) is 12.2 Å². The Labute approximate surface area is 140 Å². The first-order chi connectivity index (χ1) is 10.8. The molecule has 0 aliphatic carbocycles. The fourth-order valence-electron chi connectivity index (χ4n) is 1.79. The van der Waals surface area contributed by atoms with Gasteiger partial charge in [-0.25, -0.2) is 0 Å². The van der Waals surface area contributed by atoms with Crippen molar-refractivity contribution in [3.8, 4) is 5.75 Å². The van der Waals surface area contributed by atoms with Crippen molar-refractivity contribution in [1.82, 2.24) is 5.32 Å². The summed E-state index contributed by atoms with van der Waals surface area (Å²) in [5.74, 6) is 3.84. The van der Waals surface area contributed by atoms with E-state index in [2.05, 4.69) is 10.6 Å². The monoisotopic (exact) mass is 336 g/mol. The Morgan fingerprint density at radius 3 is 2.77 bits per heavy atom. The van der Waals surface area contributed by atoms with Crippen molar-refractivity contribution in [3.63, 3.8) is 0 Å². The third kappa shape index (κ3) is 5.99. The third-order valence-electron chi connectivity index (χ3n) is 2.92. The maximum Gasteiger partial charge on any atom is 0.170 e. The SMILES string of the molecule is COc1ccc(NC(=S)NCCCSCc2ccco2)cc1. The van der Waals surface area contributed by atoms with Crippen molar-refractivity contribution in [2.45, 2.75) is 12.2 Å². The first kappa shape index (κ1) is 16.7. The summed E-state index contributed by atoms with van der Waals surface area (Å²) in [7, 11) is 1.65. The van der Waals surface area contributed by atoms with Gasteiger partial charge < -0.3 is 19.8 Å². The van der Waals surface area contributed by atoms with Crippen LogP contribution in [0.15, 0.2) is 47.1 Å². The Kier molecular flexibility index (Phi) is 7.12. The first-order valence-electron chi connectivity index (χ1n) is 7.07. The largest absolute Gasteiger partial charge is 0.497 e. The molecule has 0 amide bonds. The van der Waals surface area contributed by atoms with Crippen molar-refractivity contribution in [2.24, 2.45) is 0 Å². The van der Waals surface area contributed by atoms with Gasteiger partial charge in [-0.05, 0) is 60.8 Å². The van der Waals surface area contributed by atoms with E-state index >= 15 is 0 Å². The second-order valence-electron chi connectivity index (χ2n) is 4.59. The molecule has 0 unspecified atom stereocenters. The minimum atomic E-state index is 0.640. The highest BCUT2D eigenvalue weighted by Crippen LogP contribution is 2.15. The van der Waals surface area contributed by atoms with Gasteiger partial charge in [-0.1, -0.05) is 0 Å². The zero-order chi connectivity index (χ0) is 15.6. The van der Waals surface area contributed by atoms with Crippen LogP contribution in [0.3, 0.4) is 0 Å². The summed E-state index contributed by atoms with van der Waals surface area (Å²) in [5.41, 5.74) is 0.950. The molecular formula is C16H20N2O2S2. The smallest absolute Gasteiger partial charge is 0.170 e. The van der Waals surface area contributed by atoms with Gasteiger partial charge in [0.2, 0.25) is 0 Å². The second-order valence-corrected chi connectivity index (χ2v) is 6.11. The summed E-state index contributed by atoms with van der Waals surface area (Å²) in [5, 5.41) is 7.00. The predicted octanol–water partition coefficient (Wildman–Crippen LogP) is 3.90. The first-order valence-corrected chi connectivity index (χ1v) is 8.63. The van der Waals surface area contributed by atoms with Gasteiger partial charge in [-0.15, -0.1) is 0 Å². The van der Waals surface area contributed by atoms with Crippen LogP contribution >= 0.6 is 24.0 Å². The molecular weight excluding hydrogens is 316 g/mol. The molecule has 118 valence electrons. The number of thiocarbonyl (C=S) groups is 1. The maximum absolute atomic E-state index is 5.28. The van der Waals surface area contributed by atoms with E-state index in [1.165, 1.54) is 0 Å². The number of anilines is 1. The molecule has 22 heavy (non-hydrogen) atoms. The van der Waals surface area contributed by atoms with Crippen LogP contribution < -0.4 is 15.4 Å². The van der Waals surface area contributed by atoms with Gasteiger partial charge in [0.05, 0.1) is 19.1 Å².